The van der Waals surface area contributed by atoms with Crippen molar-refractivity contribution in [1.82, 2.24) is 4.90 Å². The SMILES string of the molecule is CCN(CC(=O)Nc1ccc2c(c1)OCCO2)C(=O)C1(c2ccc(Cl)cc2Cl)CCOCC1. The van der Waals surface area contributed by atoms with E-state index in [1.54, 1.807) is 41.3 Å². The van der Waals surface area contributed by atoms with E-state index in [1.165, 1.54) is 0 Å². The molecule has 4 rings (SSSR count). The van der Waals surface area contributed by atoms with Crippen LogP contribution in [0, 0.1) is 0 Å². The third-order valence-electron chi connectivity index (χ3n) is 6.03. The lowest BCUT2D eigenvalue weighted by molar-refractivity contribution is -0.143. The second kappa shape index (κ2) is 10.2. The number of hydrogen-bond acceptors (Lipinski definition) is 5. The maximum Gasteiger partial charge on any atom is 0.243 e. The van der Waals surface area contributed by atoms with Crippen LogP contribution in [-0.4, -0.2) is 56.2 Å². The maximum atomic E-state index is 13.8. The molecule has 2 aliphatic heterocycles. The molecule has 1 saturated heterocycles. The van der Waals surface area contributed by atoms with Crippen LogP contribution in [0.1, 0.15) is 25.3 Å². The number of halogens is 2. The van der Waals surface area contributed by atoms with Crippen molar-refractivity contribution in [2.24, 2.45) is 0 Å². The van der Waals surface area contributed by atoms with E-state index in [9.17, 15) is 9.59 Å². The number of amides is 2. The van der Waals surface area contributed by atoms with Crippen molar-refractivity contribution in [3.8, 4) is 11.5 Å². The van der Waals surface area contributed by atoms with E-state index in [2.05, 4.69) is 5.32 Å². The summed E-state index contributed by atoms with van der Waals surface area (Å²) in [5.41, 5.74) is 0.426. The van der Waals surface area contributed by atoms with E-state index in [0.717, 1.165) is 0 Å². The van der Waals surface area contributed by atoms with Crippen LogP contribution in [0.5, 0.6) is 11.5 Å². The molecule has 0 bridgehead atoms. The van der Waals surface area contributed by atoms with Gasteiger partial charge in [0.25, 0.3) is 0 Å². The summed E-state index contributed by atoms with van der Waals surface area (Å²) in [6, 6.07) is 10.4. The lowest BCUT2D eigenvalue weighted by Gasteiger charge is -2.40. The van der Waals surface area contributed by atoms with Gasteiger partial charge in [0, 0.05) is 41.6 Å². The number of fused-ring (bicyclic) bond motifs is 1. The highest BCUT2D eigenvalue weighted by molar-refractivity contribution is 6.35. The molecule has 33 heavy (non-hydrogen) atoms. The van der Waals surface area contributed by atoms with Crippen molar-refractivity contribution in [2.45, 2.75) is 25.2 Å². The average molecular weight is 493 g/mol. The van der Waals surface area contributed by atoms with Gasteiger partial charge in [-0.3, -0.25) is 9.59 Å². The highest BCUT2D eigenvalue weighted by atomic mass is 35.5. The fourth-order valence-electron chi connectivity index (χ4n) is 4.32. The monoisotopic (exact) mass is 492 g/mol. The van der Waals surface area contributed by atoms with Gasteiger partial charge in [0.15, 0.2) is 11.5 Å². The fraction of sp³-hybridized carbons (Fsp3) is 0.417. The number of anilines is 1. The Morgan fingerprint density at radius 2 is 1.73 bits per heavy atom. The summed E-state index contributed by atoms with van der Waals surface area (Å²) >= 11 is 12.6. The van der Waals surface area contributed by atoms with E-state index in [0.29, 0.717) is 78.6 Å². The molecule has 2 heterocycles. The van der Waals surface area contributed by atoms with Crippen LogP contribution in [0.15, 0.2) is 36.4 Å². The molecule has 0 atom stereocenters. The minimum absolute atomic E-state index is 0.0857. The van der Waals surface area contributed by atoms with E-state index in [-0.39, 0.29) is 18.4 Å². The third-order valence-corrected chi connectivity index (χ3v) is 6.58. The zero-order chi connectivity index (χ0) is 23.4. The minimum atomic E-state index is -0.868. The second-order valence-electron chi connectivity index (χ2n) is 8.04. The Morgan fingerprint density at radius 1 is 1.00 bits per heavy atom. The molecule has 176 valence electrons. The highest BCUT2D eigenvalue weighted by Gasteiger charge is 2.45. The van der Waals surface area contributed by atoms with E-state index >= 15 is 0 Å². The van der Waals surface area contributed by atoms with Gasteiger partial charge >= 0.3 is 0 Å². The lowest BCUT2D eigenvalue weighted by Crippen LogP contribution is -2.51. The highest BCUT2D eigenvalue weighted by Crippen LogP contribution is 2.41. The maximum absolute atomic E-state index is 13.8. The molecule has 0 unspecified atom stereocenters. The van der Waals surface area contributed by atoms with E-state index in [4.69, 9.17) is 37.4 Å². The van der Waals surface area contributed by atoms with Crippen molar-refractivity contribution in [3.05, 3.63) is 52.0 Å². The predicted octanol–water partition coefficient (Wildman–Crippen LogP) is 4.30. The van der Waals surface area contributed by atoms with Crippen molar-refractivity contribution in [3.63, 3.8) is 0 Å². The first-order valence-electron chi connectivity index (χ1n) is 10.9. The summed E-state index contributed by atoms with van der Waals surface area (Å²) in [7, 11) is 0. The van der Waals surface area contributed by atoms with Gasteiger partial charge in [-0.05, 0) is 49.6 Å². The van der Waals surface area contributed by atoms with E-state index < -0.39 is 5.41 Å². The van der Waals surface area contributed by atoms with Gasteiger partial charge < -0.3 is 24.4 Å². The Hall–Kier alpha value is -2.48. The van der Waals surface area contributed by atoms with Gasteiger partial charge in [-0.15, -0.1) is 0 Å². The molecule has 0 spiro atoms. The minimum Gasteiger partial charge on any atom is -0.486 e. The molecule has 1 fully saturated rings. The molecule has 2 aliphatic rings. The van der Waals surface area contributed by atoms with Crippen molar-refractivity contribution in [2.75, 3.05) is 44.8 Å². The largest absolute Gasteiger partial charge is 0.486 e. The normalized spacial score (nSPS) is 16.7. The number of rotatable bonds is 6. The van der Waals surface area contributed by atoms with Crippen LogP contribution in [0.3, 0.4) is 0 Å². The van der Waals surface area contributed by atoms with Crippen molar-refractivity contribution >= 4 is 40.7 Å². The summed E-state index contributed by atoms with van der Waals surface area (Å²) in [5.74, 6) is 0.785. The quantitative estimate of drug-likeness (QED) is 0.650. The van der Waals surface area contributed by atoms with Crippen LogP contribution >= 0.6 is 23.2 Å². The van der Waals surface area contributed by atoms with Gasteiger partial charge in [-0.2, -0.15) is 0 Å². The molecule has 1 N–H and O–H groups in total. The van der Waals surface area contributed by atoms with Crippen LogP contribution < -0.4 is 14.8 Å². The van der Waals surface area contributed by atoms with Gasteiger partial charge in [0.1, 0.15) is 13.2 Å². The molecule has 7 nitrogen and oxygen atoms in total. The Kier molecular flexibility index (Phi) is 7.32. The molecule has 2 aromatic carbocycles. The van der Waals surface area contributed by atoms with Gasteiger partial charge in [-0.1, -0.05) is 29.3 Å². The van der Waals surface area contributed by atoms with Gasteiger partial charge in [0.2, 0.25) is 11.8 Å². The number of benzene rings is 2. The molecule has 0 radical (unpaired) electrons. The summed E-state index contributed by atoms with van der Waals surface area (Å²) in [6.45, 7) is 3.97. The first-order valence-corrected chi connectivity index (χ1v) is 11.7. The summed E-state index contributed by atoms with van der Waals surface area (Å²) in [6.07, 6.45) is 0.959. The standard InChI is InChI=1S/C24H26Cl2N2O5/c1-2-28(15-22(29)27-17-4-6-20-21(14-17)33-12-11-32-20)23(30)24(7-9-31-10-8-24)18-5-3-16(25)13-19(18)26/h3-6,13-14H,2,7-12,15H2,1H3,(H,27,29). The predicted molar refractivity (Wildman–Crippen MR) is 127 cm³/mol. The Labute approximate surface area is 202 Å². The first kappa shape index (κ1) is 23.7. The summed E-state index contributed by atoms with van der Waals surface area (Å²) in [5, 5.41) is 3.79. The zero-order valence-corrected chi connectivity index (χ0v) is 19.9. The number of nitrogens with zero attached hydrogens (tertiary/aromatic N) is 1. The lowest BCUT2D eigenvalue weighted by atomic mass is 9.73. The topological polar surface area (TPSA) is 77.1 Å². The Morgan fingerprint density at radius 3 is 2.42 bits per heavy atom. The number of carbonyl (C=O) groups is 2. The number of hydrogen-bond donors (Lipinski definition) is 1. The molecule has 2 aromatic rings. The van der Waals surface area contributed by atoms with Crippen molar-refractivity contribution < 1.29 is 23.8 Å². The van der Waals surface area contributed by atoms with Crippen LogP contribution in [0.2, 0.25) is 10.0 Å². The molecular formula is C24H26Cl2N2O5. The smallest absolute Gasteiger partial charge is 0.243 e. The zero-order valence-electron chi connectivity index (χ0n) is 18.4. The van der Waals surface area contributed by atoms with Crippen LogP contribution in [-0.2, 0) is 19.7 Å². The molecule has 0 aliphatic carbocycles. The average Bonchev–Trinajstić information content (AvgIpc) is 2.82. The number of carbonyl (C=O) groups excluding carboxylic acids is 2. The van der Waals surface area contributed by atoms with E-state index in [1.807, 2.05) is 6.92 Å². The summed E-state index contributed by atoms with van der Waals surface area (Å²) in [4.78, 5) is 28.2. The second-order valence-corrected chi connectivity index (χ2v) is 8.89. The number of ether oxygens (including phenoxy) is 3. The summed E-state index contributed by atoms with van der Waals surface area (Å²) < 4.78 is 16.6. The Balaban J connectivity index is 1.52. The first-order chi connectivity index (χ1) is 15.9. The number of nitrogens with one attached hydrogen (secondary N) is 1. The number of likely N-dealkylation sites (N-methyl/N-ethyl adjacent to an activating group) is 1. The molecule has 2 amide bonds. The molecular weight excluding hydrogens is 467 g/mol. The van der Waals surface area contributed by atoms with Gasteiger partial charge in [0.05, 0.1) is 12.0 Å². The molecule has 0 saturated carbocycles. The molecule has 9 heteroatoms. The third kappa shape index (κ3) is 5.05. The fourth-order valence-corrected chi connectivity index (χ4v) is 4.91. The van der Waals surface area contributed by atoms with Gasteiger partial charge in [-0.25, -0.2) is 0 Å². The Bertz CT molecular complexity index is 1040. The van der Waals surface area contributed by atoms with Crippen LogP contribution in [0.4, 0.5) is 5.69 Å². The molecule has 0 aromatic heterocycles. The van der Waals surface area contributed by atoms with Crippen molar-refractivity contribution in [1.29, 1.82) is 0 Å². The van der Waals surface area contributed by atoms with Crippen LogP contribution in [0.25, 0.3) is 0 Å².